The van der Waals surface area contributed by atoms with Gasteiger partial charge in [-0.15, -0.1) is 0 Å². The molecule has 3 aromatic rings. The van der Waals surface area contributed by atoms with Gasteiger partial charge in [-0.1, -0.05) is 29.3 Å². The number of carbonyl (C=O) groups is 1. The highest BCUT2D eigenvalue weighted by Gasteiger charge is 2.35. The molecule has 6 nitrogen and oxygen atoms in total. The fourth-order valence-corrected chi connectivity index (χ4v) is 2.69. The van der Waals surface area contributed by atoms with Gasteiger partial charge >= 0.3 is 6.18 Å². The molecule has 11 heteroatoms. The van der Waals surface area contributed by atoms with Crippen molar-refractivity contribution in [2.45, 2.75) is 12.7 Å². The Morgan fingerprint density at radius 2 is 1.89 bits per heavy atom. The van der Waals surface area contributed by atoms with E-state index in [-0.39, 0.29) is 11.5 Å². The van der Waals surface area contributed by atoms with Crippen LogP contribution in [0.1, 0.15) is 21.7 Å². The van der Waals surface area contributed by atoms with E-state index in [0.717, 1.165) is 12.6 Å². The summed E-state index contributed by atoms with van der Waals surface area (Å²) < 4.78 is 40.5. The van der Waals surface area contributed by atoms with E-state index < -0.39 is 17.8 Å². The van der Waals surface area contributed by atoms with Crippen LogP contribution in [0.15, 0.2) is 36.5 Å². The second-order valence-corrected chi connectivity index (χ2v) is 6.45. The van der Waals surface area contributed by atoms with E-state index in [4.69, 9.17) is 23.2 Å². The topological polar surface area (TPSA) is 64.7 Å². The van der Waals surface area contributed by atoms with Crippen molar-refractivity contribution in [2.75, 3.05) is 5.32 Å². The molecule has 27 heavy (non-hydrogen) atoms. The van der Waals surface area contributed by atoms with Gasteiger partial charge in [0.1, 0.15) is 5.69 Å². The van der Waals surface area contributed by atoms with Gasteiger partial charge in [0.2, 0.25) is 0 Å². The van der Waals surface area contributed by atoms with Crippen molar-refractivity contribution in [1.82, 2.24) is 19.6 Å². The maximum atomic E-state index is 12.8. The molecule has 0 saturated heterocycles. The fraction of sp³-hybridized carbons (Fsp3) is 0.188. The first kappa shape index (κ1) is 19.2. The number of anilines is 1. The summed E-state index contributed by atoms with van der Waals surface area (Å²) in [5.41, 5.74) is -0.536. The van der Waals surface area contributed by atoms with E-state index in [2.05, 4.69) is 15.5 Å². The van der Waals surface area contributed by atoms with Crippen LogP contribution in [-0.2, 0) is 19.8 Å². The van der Waals surface area contributed by atoms with E-state index >= 15 is 0 Å². The van der Waals surface area contributed by atoms with Crippen molar-refractivity contribution in [1.29, 1.82) is 0 Å². The predicted octanol–water partition coefficient (Wildman–Crippen LogP) is 4.24. The van der Waals surface area contributed by atoms with Gasteiger partial charge in [-0.05, 0) is 17.7 Å². The third kappa shape index (κ3) is 4.42. The van der Waals surface area contributed by atoms with Crippen molar-refractivity contribution >= 4 is 34.9 Å². The molecular weight excluding hydrogens is 406 g/mol. The molecule has 0 aliphatic heterocycles. The number of carbonyl (C=O) groups excluding carboxylic acids is 1. The number of aryl methyl sites for hydroxylation is 1. The summed E-state index contributed by atoms with van der Waals surface area (Å²) in [5.74, 6) is -0.611. The zero-order valence-electron chi connectivity index (χ0n) is 13.8. The molecule has 2 aromatic heterocycles. The Morgan fingerprint density at radius 3 is 2.52 bits per heavy atom. The Bertz CT molecular complexity index is 996. The molecular formula is C16H12Cl2F3N5O. The van der Waals surface area contributed by atoms with Crippen molar-refractivity contribution < 1.29 is 18.0 Å². The summed E-state index contributed by atoms with van der Waals surface area (Å²) in [6.45, 7) is 0.370. The minimum atomic E-state index is -4.60. The first-order chi connectivity index (χ1) is 12.6. The van der Waals surface area contributed by atoms with E-state index in [0.29, 0.717) is 27.3 Å². The van der Waals surface area contributed by atoms with E-state index in [9.17, 15) is 18.0 Å². The molecule has 0 radical (unpaired) electrons. The third-order valence-electron chi connectivity index (χ3n) is 3.61. The Labute approximate surface area is 161 Å². The van der Waals surface area contributed by atoms with Crippen LogP contribution in [0.3, 0.4) is 0 Å². The van der Waals surface area contributed by atoms with Crippen LogP contribution in [0.25, 0.3) is 0 Å². The van der Waals surface area contributed by atoms with E-state index in [1.54, 1.807) is 24.4 Å². The van der Waals surface area contributed by atoms with Crippen LogP contribution in [0.2, 0.25) is 10.0 Å². The summed E-state index contributed by atoms with van der Waals surface area (Å²) in [4.78, 5) is 12.1. The number of nitrogens with one attached hydrogen (secondary N) is 1. The number of halogens is 5. The predicted molar refractivity (Wildman–Crippen MR) is 94.0 cm³/mol. The maximum Gasteiger partial charge on any atom is 0.433 e. The average Bonchev–Trinajstić information content (AvgIpc) is 3.17. The van der Waals surface area contributed by atoms with Gasteiger partial charge < -0.3 is 5.32 Å². The van der Waals surface area contributed by atoms with Crippen LogP contribution in [0.4, 0.5) is 19.0 Å². The maximum absolute atomic E-state index is 12.8. The average molecular weight is 418 g/mol. The number of alkyl halides is 3. The lowest BCUT2D eigenvalue weighted by atomic mass is 10.2. The highest BCUT2D eigenvalue weighted by atomic mass is 35.5. The second-order valence-electron chi connectivity index (χ2n) is 5.64. The monoisotopic (exact) mass is 417 g/mol. The minimum Gasteiger partial charge on any atom is -0.304 e. The summed E-state index contributed by atoms with van der Waals surface area (Å²) in [6.07, 6.45) is -2.99. The molecule has 142 valence electrons. The van der Waals surface area contributed by atoms with Crippen molar-refractivity contribution in [3.8, 4) is 0 Å². The van der Waals surface area contributed by atoms with Crippen molar-refractivity contribution in [3.63, 3.8) is 0 Å². The van der Waals surface area contributed by atoms with Crippen LogP contribution in [0.5, 0.6) is 0 Å². The van der Waals surface area contributed by atoms with Crippen LogP contribution >= 0.6 is 23.2 Å². The molecule has 0 saturated carbocycles. The molecule has 0 spiro atoms. The van der Waals surface area contributed by atoms with Gasteiger partial charge in [0.15, 0.2) is 11.5 Å². The van der Waals surface area contributed by atoms with E-state index in [1.165, 1.54) is 10.7 Å². The number of amides is 1. The van der Waals surface area contributed by atoms with Gasteiger partial charge in [-0.2, -0.15) is 23.4 Å². The number of hydrogen-bond donors (Lipinski definition) is 1. The smallest absolute Gasteiger partial charge is 0.304 e. The van der Waals surface area contributed by atoms with Gasteiger partial charge in [0, 0.05) is 25.4 Å². The zero-order valence-corrected chi connectivity index (χ0v) is 15.3. The van der Waals surface area contributed by atoms with Crippen LogP contribution < -0.4 is 5.32 Å². The molecule has 0 bridgehead atoms. The molecule has 3 rings (SSSR count). The number of nitrogens with zero attached hydrogens (tertiary/aromatic N) is 4. The molecule has 1 amide bonds. The lowest BCUT2D eigenvalue weighted by molar-refractivity contribution is -0.143. The first-order valence-electron chi connectivity index (χ1n) is 7.53. The lowest BCUT2D eigenvalue weighted by Crippen LogP contribution is -2.14. The molecule has 1 N–H and O–H groups in total. The normalized spacial score (nSPS) is 11.6. The summed E-state index contributed by atoms with van der Waals surface area (Å²) in [6, 6.07) is 7.33. The largest absolute Gasteiger partial charge is 0.433 e. The van der Waals surface area contributed by atoms with Crippen molar-refractivity contribution in [2.24, 2.45) is 7.05 Å². The molecule has 0 unspecified atom stereocenters. The summed E-state index contributed by atoms with van der Waals surface area (Å²) in [7, 11) is 1.12. The lowest BCUT2D eigenvalue weighted by Gasteiger charge is -2.04. The molecule has 1 aromatic carbocycles. The third-order valence-corrected chi connectivity index (χ3v) is 4.35. The van der Waals surface area contributed by atoms with Gasteiger partial charge in [0.25, 0.3) is 5.91 Å². The standard InChI is InChI=1S/C16H12Cl2F3N5O/c1-25-13(16(19,20)21)7-12(23-25)15(27)22-14-4-5-26(24-14)8-9-2-3-10(17)11(18)6-9/h2-7H,8H2,1H3,(H,22,24,27). The number of aromatic nitrogens is 4. The zero-order chi connectivity index (χ0) is 19.8. The minimum absolute atomic E-state index is 0.180. The Hall–Kier alpha value is -2.52. The quantitative estimate of drug-likeness (QED) is 0.690. The fourth-order valence-electron chi connectivity index (χ4n) is 2.37. The number of benzene rings is 1. The molecule has 2 heterocycles. The van der Waals surface area contributed by atoms with Gasteiger partial charge in [-0.25, -0.2) is 0 Å². The SMILES string of the molecule is Cn1nc(C(=O)Nc2ccn(Cc3ccc(Cl)c(Cl)c3)n2)cc1C(F)(F)F. The van der Waals surface area contributed by atoms with Gasteiger partial charge in [-0.3, -0.25) is 14.2 Å². The summed E-state index contributed by atoms with van der Waals surface area (Å²) >= 11 is 11.8. The Kier molecular flexibility index (Phi) is 5.16. The number of rotatable bonds is 4. The van der Waals surface area contributed by atoms with Crippen LogP contribution in [-0.4, -0.2) is 25.5 Å². The van der Waals surface area contributed by atoms with Crippen molar-refractivity contribution in [3.05, 3.63) is 63.5 Å². The molecule has 0 aliphatic carbocycles. The highest BCUT2D eigenvalue weighted by molar-refractivity contribution is 6.42. The molecule has 0 atom stereocenters. The molecule has 0 fully saturated rings. The van der Waals surface area contributed by atoms with Crippen LogP contribution in [0, 0.1) is 0 Å². The number of hydrogen-bond acceptors (Lipinski definition) is 3. The van der Waals surface area contributed by atoms with Gasteiger partial charge in [0.05, 0.1) is 16.6 Å². The molecule has 0 aliphatic rings. The second kappa shape index (κ2) is 7.24. The van der Waals surface area contributed by atoms with E-state index in [1.807, 2.05) is 0 Å². The Balaban J connectivity index is 1.70. The highest BCUT2D eigenvalue weighted by Crippen LogP contribution is 2.29. The Morgan fingerprint density at radius 1 is 1.15 bits per heavy atom. The first-order valence-corrected chi connectivity index (χ1v) is 8.29. The summed E-state index contributed by atoms with van der Waals surface area (Å²) in [5, 5.41) is 11.0.